The van der Waals surface area contributed by atoms with Crippen LogP contribution < -0.4 is 5.32 Å². The molecule has 1 N–H and O–H groups in total. The summed E-state index contributed by atoms with van der Waals surface area (Å²) in [6.45, 7) is 1.92. The molecule has 0 saturated carbocycles. The number of hydrogen-bond donors (Lipinski definition) is 1. The van der Waals surface area contributed by atoms with Crippen LogP contribution >= 0.6 is 0 Å². The second kappa shape index (κ2) is 6.37. The zero-order chi connectivity index (χ0) is 14.4. The monoisotopic (exact) mass is 276 g/mol. The minimum atomic E-state index is -0.608. The van der Waals surface area contributed by atoms with Gasteiger partial charge < -0.3 is 13.6 Å². The number of carbonyl (C=O) groups is 2. The molecule has 0 aromatic carbocycles. The van der Waals surface area contributed by atoms with E-state index < -0.39 is 11.9 Å². The predicted molar refractivity (Wildman–Crippen MR) is 68.8 cm³/mol. The number of anilines is 1. The molecule has 0 aliphatic heterocycles. The Kier molecular flexibility index (Phi) is 4.33. The molecule has 0 bridgehead atoms. The van der Waals surface area contributed by atoms with E-state index in [1.54, 1.807) is 19.1 Å². The molecule has 104 valence electrons. The normalized spacial score (nSPS) is 10.7. The van der Waals surface area contributed by atoms with Crippen molar-refractivity contribution in [1.29, 1.82) is 0 Å². The SMILES string of the molecule is CCOC(=O)c1coc(NC(=O)/C=C/c2ccco2)n1. The van der Waals surface area contributed by atoms with Crippen molar-refractivity contribution >= 4 is 24.0 Å². The van der Waals surface area contributed by atoms with Crippen molar-refractivity contribution in [3.05, 3.63) is 42.2 Å². The van der Waals surface area contributed by atoms with E-state index >= 15 is 0 Å². The van der Waals surface area contributed by atoms with Crippen molar-refractivity contribution in [3.8, 4) is 0 Å². The van der Waals surface area contributed by atoms with Crippen molar-refractivity contribution in [2.24, 2.45) is 0 Å². The third-order valence-electron chi connectivity index (χ3n) is 2.16. The number of rotatable bonds is 5. The van der Waals surface area contributed by atoms with Gasteiger partial charge in [0.05, 0.1) is 12.9 Å². The van der Waals surface area contributed by atoms with Gasteiger partial charge in [-0.25, -0.2) is 4.79 Å². The fourth-order valence-corrected chi connectivity index (χ4v) is 1.32. The van der Waals surface area contributed by atoms with Crippen LogP contribution in [0, 0.1) is 0 Å². The highest BCUT2D eigenvalue weighted by molar-refractivity contribution is 6.00. The van der Waals surface area contributed by atoms with Crippen molar-refractivity contribution in [3.63, 3.8) is 0 Å². The second-order valence-corrected chi connectivity index (χ2v) is 3.60. The Bertz CT molecular complexity index is 613. The molecule has 0 radical (unpaired) electrons. The Morgan fingerprint density at radius 3 is 3.00 bits per heavy atom. The second-order valence-electron chi connectivity index (χ2n) is 3.60. The van der Waals surface area contributed by atoms with E-state index in [2.05, 4.69) is 10.3 Å². The van der Waals surface area contributed by atoms with Gasteiger partial charge in [0.15, 0.2) is 5.69 Å². The van der Waals surface area contributed by atoms with Crippen molar-refractivity contribution in [1.82, 2.24) is 4.98 Å². The average molecular weight is 276 g/mol. The smallest absolute Gasteiger partial charge is 0.360 e. The maximum atomic E-state index is 11.6. The van der Waals surface area contributed by atoms with E-state index in [1.807, 2.05) is 0 Å². The Hall–Kier alpha value is -2.83. The highest BCUT2D eigenvalue weighted by Crippen LogP contribution is 2.09. The van der Waals surface area contributed by atoms with E-state index in [4.69, 9.17) is 13.6 Å². The van der Waals surface area contributed by atoms with Crippen LogP contribution in [0.1, 0.15) is 23.2 Å². The molecule has 20 heavy (non-hydrogen) atoms. The number of amides is 1. The molecule has 0 aliphatic carbocycles. The summed E-state index contributed by atoms with van der Waals surface area (Å²) in [5.41, 5.74) is -0.00263. The van der Waals surface area contributed by atoms with Gasteiger partial charge in [0, 0.05) is 6.08 Å². The van der Waals surface area contributed by atoms with E-state index in [-0.39, 0.29) is 18.3 Å². The number of nitrogens with zero attached hydrogens (tertiary/aromatic N) is 1. The van der Waals surface area contributed by atoms with E-state index in [9.17, 15) is 9.59 Å². The lowest BCUT2D eigenvalue weighted by molar-refractivity contribution is -0.112. The maximum absolute atomic E-state index is 11.6. The summed E-state index contributed by atoms with van der Waals surface area (Å²) in [7, 11) is 0. The Morgan fingerprint density at radius 1 is 1.45 bits per heavy atom. The van der Waals surface area contributed by atoms with Crippen LogP contribution in [0.4, 0.5) is 6.01 Å². The van der Waals surface area contributed by atoms with Crippen LogP contribution in [-0.2, 0) is 9.53 Å². The molecule has 2 aromatic rings. The Balaban J connectivity index is 1.93. The van der Waals surface area contributed by atoms with E-state index in [1.165, 1.54) is 18.4 Å². The molecule has 0 unspecified atom stereocenters. The molecular weight excluding hydrogens is 264 g/mol. The van der Waals surface area contributed by atoms with E-state index in [0.29, 0.717) is 5.76 Å². The lowest BCUT2D eigenvalue weighted by Gasteiger charge is -1.95. The molecule has 0 saturated heterocycles. The summed E-state index contributed by atoms with van der Waals surface area (Å²) in [6.07, 6.45) is 5.36. The highest BCUT2D eigenvalue weighted by atomic mass is 16.5. The molecular formula is C13H12N2O5. The molecule has 7 nitrogen and oxygen atoms in total. The third kappa shape index (κ3) is 3.58. The fourth-order valence-electron chi connectivity index (χ4n) is 1.32. The summed E-state index contributed by atoms with van der Waals surface area (Å²) in [5.74, 6) is -0.527. The summed E-state index contributed by atoms with van der Waals surface area (Å²) in [6, 6.07) is 3.33. The number of nitrogens with one attached hydrogen (secondary N) is 1. The summed E-state index contributed by atoms with van der Waals surface area (Å²) < 4.78 is 14.7. The lowest BCUT2D eigenvalue weighted by atomic mass is 10.4. The number of aromatic nitrogens is 1. The highest BCUT2D eigenvalue weighted by Gasteiger charge is 2.13. The fraction of sp³-hybridized carbons (Fsp3) is 0.154. The van der Waals surface area contributed by atoms with Gasteiger partial charge >= 0.3 is 12.0 Å². The summed E-state index contributed by atoms with van der Waals surface area (Å²) >= 11 is 0. The van der Waals surface area contributed by atoms with Crippen molar-refractivity contribution in [2.45, 2.75) is 6.92 Å². The van der Waals surface area contributed by atoms with Crippen LogP contribution in [-0.4, -0.2) is 23.5 Å². The minimum absolute atomic E-state index is 0.00263. The van der Waals surface area contributed by atoms with Gasteiger partial charge in [-0.1, -0.05) is 0 Å². The number of ether oxygens (including phenoxy) is 1. The first-order valence-corrected chi connectivity index (χ1v) is 5.84. The van der Waals surface area contributed by atoms with Gasteiger partial charge in [0.25, 0.3) is 5.91 Å². The molecule has 7 heteroatoms. The zero-order valence-corrected chi connectivity index (χ0v) is 10.7. The molecule has 2 rings (SSSR count). The molecule has 1 amide bonds. The first kappa shape index (κ1) is 13.6. The third-order valence-corrected chi connectivity index (χ3v) is 2.16. The number of hydrogen-bond acceptors (Lipinski definition) is 6. The molecule has 2 aromatic heterocycles. The van der Waals surface area contributed by atoms with Gasteiger partial charge in [-0.05, 0) is 25.1 Å². The molecule has 0 spiro atoms. The van der Waals surface area contributed by atoms with Crippen LogP contribution in [0.5, 0.6) is 0 Å². The largest absolute Gasteiger partial charge is 0.465 e. The first-order chi connectivity index (χ1) is 9.69. The standard InChI is InChI=1S/C13H12N2O5/c1-2-18-12(17)10-8-20-13(14-10)15-11(16)6-5-9-4-3-7-19-9/h3-8H,2H2,1H3,(H,14,15,16)/b6-5+. The van der Waals surface area contributed by atoms with Gasteiger partial charge in [0.1, 0.15) is 12.0 Å². The topological polar surface area (TPSA) is 94.6 Å². The van der Waals surface area contributed by atoms with Gasteiger partial charge in [-0.15, -0.1) is 0 Å². The van der Waals surface area contributed by atoms with Crippen molar-refractivity contribution in [2.75, 3.05) is 11.9 Å². The minimum Gasteiger partial charge on any atom is -0.465 e. The molecule has 2 heterocycles. The van der Waals surface area contributed by atoms with Gasteiger partial charge in [0.2, 0.25) is 0 Å². The quantitative estimate of drug-likeness (QED) is 0.663. The maximum Gasteiger partial charge on any atom is 0.360 e. The molecule has 0 fully saturated rings. The van der Waals surface area contributed by atoms with Gasteiger partial charge in [-0.3, -0.25) is 10.1 Å². The predicted octanol–water partition coefficient (Wildman–Crippen LogP) is 2.10. The van der Waals surface area contributed by atoms with Crippen LogP contribution in [0.3, 0.4) is 0 Å². The number of furan rings is 1. The number of carbonyl (C=O) groups excluding carboxylic acids is 2. The summed E-state index contributed by atoms with van der Waals surface area (Å²) in [4.78, 5) is 26.7. The average Bonchev–Trinajstić information content (AvgIpc) is 3.07. The Labute approximate surface area is 114 Å². The van der Waals surface area contributed by atoms with Crippen molar-refractivity contribution < 1.29 is 23.2 Å². The van der Waals surface area contributed by atoms with E-state index in [0.717, 1.165) is 6.26 Å². The Morgan fingerprint density at radius 2 is 2.30 bits per heavy atom. The number of esters is 1. The van der Waals surface area contributed by atoms with Crippen LogP contribution in [0.2, 0.25) is 0 Å². The van der Waals surface area contributed by atoms with Gasteiger partial charge in [-0.2, -0.15) is 4.98 Å². The number of oxazole rings is 1. The molecule has 0 aliphatic rings. The lowest BCUT2D eigenvalue weighted by Crippen LogP contribution is -2.09. The molecule has 0 atom stereocenters. The summed E-state index contributed by atoms with van der Waals surface area (Å²) in [5, 5.41) is 2.37. The zero-order valence-electron chi connectivity index (χ0n) is 10.7. The van der Waals surface area contributed by atoms with Crippen LogP contribution in [0.15, 0.2) is 39.6 Å². The first-order valence-electron chi connectivity index (χ1n) is 5.84. The van der Waals surface area contributed by atoms with Crippen LogP contribution in [0.25, 0.3) is 6.08 Å².